The topological polar surface area (TPSA) is 46.5 Å². The zero-order valence-corrected chi connectivity index (χ0v) is 16.1. The minimum absolute atomic E-state index is 0.347. The summed E-state index contributed by atoms with van der Waals surface area (Å²) < 4.78 is 18.4. The number of carbonyl (C=O) groups is 1. The number of hydrogen-bond acceptors (Lipinski definition) is 2. The summed E-state index contributed by atoms with van der Waals surface area (Å²) in [6.45, 7) is 1.40. The molecule has 28 heavy (non-hydrogen) atoms. The Bertz CT molecular complexity index is 1280. The van der Waals surface area contributed by atoms with Crippen LogP contribution in [0, 0.1) is 0 Å². The Morgan fingerprint density at radius 2 is 1.04 bits per heavy atom. The minimum atomic E-state index is -2.80. The lowest BCUT2D eigenvalue weighted by Crippen LogP contribution is -2.06. The van der Waals surface area contributed by atoms with E-state index in [1.807, 2.05) is 24.3 Å². The third-order valence-electron chi connectivity index (χ3n) is 5.98. The summed E-state index contributed by atoms with van der Waals surface area (Å²) in [4.78, 5) is 11.9. The molecule has 0 radical (unpaired) electrons. The maximum Gasteiger partial charge on any atom is 0.250 e. The summed E-state index contributed by atoms with van der Waals surface area (Å²) >= 11 is 0. The van der Waals surface area contributed by atoms with Gasteiger partial charge in [0.2, 0.25) is 0 Å². The molecule has 2 heterocycles. The van der Waals surface area contributed by atoms with E-state index in [0.717, 1.165) is 43.8 Å². The number of nitrogens with zero attached hydrogens (tertiary/aromatic N) is 1. The minimum Gasteiger partial charge on any atom is -0.272 e. The van der Waals surface area contributed by atoms with Crippen LogP contribution in [0.4, 0.5) is 0 Å². The highest BCUT2D eigenvalue weighted by Gasteiger charge is 2.52. The maximum absolute atomic E-state index is 14.2. The van der Waals surface area contributed by atoms with Crippen molar-refractivity contribution in [2.75, 3.05) is 0 Å². The van der Waals surface area contributed by atoms with E-state index in [2.05, 4.69) is 52.9 Å². The normalized spacial score (nSPS) is 24.3. The average molecular weight is 383 g/mol. The first kappa shape index (κ1) is 16.0. The zero-order valence-electron chi connectivity index (χ0n) is 15.3. The lowest BCUT2D eigenvalue weighted by molar-refractivity contribution is -0.115. The molecule has 2 bridgehead atoms. The summed E-state index contributed by atoms with van der Waals surface area (Å²) in [5, 5.41) is 3.81. The molecule has 0 N–H and O–H groups in total. The van der Waals surface area contributed by atoms with Crippen LogP contribution in [-0.4, -0.2) is 10.1 Å². The second-order valence-corrected chi connectivity index (χ2v) is 9.99. The summed E-state index contributed by atoms with van der Waals surface area (Å²) in [6, 6.07) is 24.9. The van der Waals surface area contributed by atoms with Crippen molar-refractivity contribution in [3.8, 4) is 0 Å². The third kappa shape index (κ3) is 1.93. The first-order valence-electron chi connectivity index (χ1n) is 9.37. The molecule has 0 saturated heterocycles. The Kier molecular flexibility index (Phi) is 3.03. The van der Waals surface area contributed by atoms with E-state index < -0.39 is 9.73 Å². The van der Waals surface area contributed by atoms with Crippen molar-refractivity contribution in [3.63, 3.8) is 0 Å². The molecule has 4 heteroatoms. The molecule has 0 saturated carbocycles. The van der Waals surface area contributed by atoms with E-state index >= 15 is 0 Å². The van der Waals surface area contributed by atoms with E-state index in [4.69, 9.17) is 0 Å². The van der Waals surface area contributed by atoms with Crippen molar-refractivity contribution in [2.24, 2.45) is 4.36 Å². The fourth-order valence-corrected chi connectivity index (χ4v) is 8.12. The number of carbonyl (C=O) groups excluding carboxylic acids is 1. The molecule has 4 aromatic carbocycles. The Morgan fingerprint density at radius 1 is 0.714 bits per heavy atom. The van der Waals surface area contributed by atoms with Gasteiger partial charge in [0.05, 0.1) is 20.2 Å². The predicted octanol–water partition coefficient (Wildman–Crippen LogP) is 5.51. The van der Waals surface area contributed by atoms with Crippen LogP contribution in [0.15, 0.2) is 77.2 Å². The number of amides is 1. The van der Waals surface area contributed by atoms with Gasteiger partial charge in [0, 0.05) is 6.92 Å². The summed E-state index contributed by atoms with van der Waals surface area (Å²) in [6.07, 6.45) is 0. The maximum atomic E-state index is 14.2. The van der Waals surface area contributed by atoms with E-state index in [0.29, 0.717) is 0 Å². The molecule has 0 unspecified atom stereocenters. The van der Waals surface area contributed by atoms with Crippen molar-refractivity contribution in [2.45, 2.75) is 17.4 Å². The lowest BCUT2D eigenvalue weighted by Gasteiger charge is -2.18. The molecule has 2 aliphatic heterocycles. The number of fused-ring (bicyclic) bond motifs is 10. The highest BCUT2D eigenvalue weighted by Crippen LogP contribution is 2.61. The lowest BCUT2D eigenvalue weighted by atomic mass is 9.83. The summed E-state index contributed by atoms with van der Waals surface area (Å²) in [7, 11) is -2.80. The highest BCUT2D eigenvalue weighted by atomic mass is 32.2. The van der Waals surface area contributed by atoms with Crippen molar-refractivity contribution in [3.05, 3.63) is 95.1 Å². The van der Waals surface area contributed by atoms with Crippen molar-refractivity contribution >= 4 is 37.2 Å². The van der Waals surface area contributed by atoms with Gasteiger partial charge in [-0.1, -0.05) is 48.5 Å². The third-order valence-corrected chi connectivity index (χ3v) is 8.89. The zero-order chi connectivity index (χ0) is 19.0. The van der Waals surface area contributed by atoms with Gasteiger partial charge in [0.1, 0.15) is 0 Å². The van der Waals surface area contributed by atoms with Crippen LogP contribution < -0.4 is 0 Å². The first-order valence-corrected chi connectivity index (χ1v) is 11.0. The van der Waals surface area contributed by atoms with Gasteiger partial charge in [-0.2, -0.15) is 4.36 Å². The smallest absolute Gasteiger partial charge is 0.250 e. The monoisotopic (exact) mass is 383 g/mol. The Hall–Kier alpha value is -2.98. The summed E-state index contributed by atoms with van der Waals surface area (Å²) in [5.41, 5.74) is 4.23. The van der Waals surface area contributed by atoms with Gasteiger partial charge in [-0.25, -0.2) is 4.21 Å². The molecular weight excluding hydrogens is 366 g/mol. The molecule has 1 amide bonds. The van der Waals surface area contributed by atoms with Crippen LogP contribution in [-0.2, 0) is 14.5 Å². The number of benzene rings is 4. The molecule has 4 aromatic rings. The SMILES string of the molecule is CC(=O)N=S1(=O)C2c3cc4ccccc4cc3C1c1cc3ccccc3cc12. The van der Waals surface area contributed by atoms with E-state index in [-0.39, 0.29) is 16.4 Å². The largest absolute Gasteiger partial charge is 0.272 e. The van der Waals surface area contributed by atoms with Gasteiger partial charge < -0.3 is 0 Å². The number of rotatable bonds is 0. The van der Waals surface area contributed by atoms with Crippen LogP contribution in [0.2, 0.25) is 0 Å². The molecular formula is C24H17NO2S. The van der Waals surface area contributed by atoms with Gasteiger partial charge in [0.25, 0.3) is 5.91 Å². The second kappa shape index (κ2) is 5.30. The molecule has 6 rings (SSSR count). The predicted molar refractivity (Wildman–Crippen MR) is 113 cm³/mol. The average Bonchev–Trinajstić information content (AvgIpc) is 3.05. The van der Waals surface area contributed by atoms with Crippen LogP contribution in [0.5, 0.6) is 0 Å². The Labute approximate surface area is 163 Å². The van der Waals surface area contributed by atoms with Crippen LogP contribution in [0.1, 0.15) is 39.7 Å². The van der Waals surface area contributed by atoms with Gasteiger partial charge in [-0.05, 0) is 68.1 Å². The van der Waals surface area contributed by atoms with Gasteiger partial charge >= 0.3 is 0 Å². The van der Waals surface area contributed by atoms with Crippen molar-refractivity contribution < 1.29 is 9.00 Å². The van der Waals surface area contributed by atoms with Crippen LogP contribution >= 0.6 is 0 Å². The standard InChI is InChI=1S/C24H17NO2S/c1-14(26)25-28(27)23-19-10-15-6-2-3-7-16(15)11-20(19)24(28)22-13-18-9-5-4-8-17(18)12-21(22)23/h2-13,23-24H,1H3. The molecule has 136 valence electrons. The fourth-order valence-electron chi connectivity index (χ4n) is 4.96. The Morgan fingerprint density at radius 3 is 1.32 bits per heavy atom. The van der Waals surface area contributed by atoms with Crippen LogP contribution in [0.3, 0.4) is 0 Å². The van der Waals surface area contributed by atoms with Crippen LogP contribution in [0.25, 0.3) is 21.5 Å². The Balaban J connectivity index is 1.74. The second-order valence-electron chi connectivity index (χ2n) is 7.64. The molecule has 0 spiro atoms. The molecule has 0 atom stereocenters. The number of hydrogen-bond donors (Lipinski definition) is 0. The molecule has 0 aliphatic carbocycles. The highest BCUT2D eigenvalue weighted by molar-refractivity contribution is 7.95. The van der Waals surface area contributed by atoms with Gasteiger partial charge in [-0.15, -0.1) is 0 Å². The van der Waals surface area contributed by atoms with E-state index in [9.17, 15) is 9.00 Å². The van der Waals surface area contributed by atoms with Crippen molar-refractivity contribution in [1.82, 2.24) is 0 Å². The van der Waals surface area contributed by atoms with E-state index in [1.165, 1.54) is 6.92 Å². The van der Waals surface area contributed by atoms with Gasteiger partial charge in [-0.3, -0.25) is 4.79 Å². The van der Waals surface area contributed by atoms with Crippen molar-refractivity contribution in [1.29, 1.82) is 0 Å². The molecule has 2 aliphatic rings. The summed E-state index contributed by atoms with van der Waals surface area (Å²) in [5.74, 6) is -0.366. The molecule has 0 aromatic heterocycles. The molecule has 0 fully saturated rings. The molecule has 3 nitrogen and oxygen atoms in total. The fraction of sp³-hybridized carbons (Fsp3) is 0.125. The van der Waals surface area contributed by atoms with E-state index in [1.54, 1.807) is 0 Å². The van der Waals surface area contributed by atoms with Gasteiger partial charge in [0.15, 0.2) is 0 Å². The first-order chi connectivity index (χ1) is 13.6. The quantitative estimate of drug-likeness (QED) is 0.402.